The molecule has 1 heteroatoms. The summed E-state index contributed by atoms with van der Waals surface area (Å²) < 4.78 is 5.76. The number of benzene rings is 1. The molecule has 0 heterocycles. The van der Waals surface area contributed by atoms with Gasteiger partial charge in [0.1, 0.15) is 5.75 Å². The predicted octanol–water partition coefficient (Wildman–Crippen LogP) is 3.84. The van der Waals surface area contributed by atoms with Crippen LogP contribution in [-0.4, -0.2) is 6.61 Å². The Hall–Kier alpha value is -0.980. The summed E-state index contributed by atoms with van der Waals surface area (Å²) in [5.74, 6) is 2.77. The maximum atomic E-state index is 5.76. The first-order valence-electron chi connectivity index (χ1n) is 6.15. The lowest BCUT2D eigenvalue weighted by Gasteiger charge is -2.39. The number of hydrogen-bond donors (Lipinski definition) is 0. The number of ether oxygens (including phenoxy) is 1. The quantitative estimate of drug-likeness (QED) is 0.708. The molecule has 2 bridgehead atoms. The summed E-state index contributed by atoms with van der Waals surface area (Å²) in [6, 6.07) is 6.61. The Morgan fingerprint density at radius 1 is 1.13 bits per heavy atom. The van der Waals surface area contributed by atoms with Crippen molar-refractivity contribution in [2.75, 3.05) is 6.61 Å². The smallest absolute Gasteiger partial charge is 0.123 e. The molecule has 80 valence electrons. The van der Waals surface area contributed by atoms with Crippen molar-refractivity contribution in [2.24, 2.45) is 0 Å². The van der Waals surface area contributed by atoms with Gasteiger partial charge in [0.25, 0.3) is 0 Å². The Bertz CT molecular complexity index is 362. The van der Waals surface area contributed by atoms with E-state index in [4.69, 9.17) is 4.74 Å². The Morgan fingerprint density at radius 2 is 1.87 bits per heavy atom. The predicted molar refractivity (Wildman–Crippen MR) is 61.6 cm³/mol. The van der Waals surface area contributed by atoms with Crippen LogP contribution in [-0.2, 0) is 0 Å². The third-order valence-electron chi connectivity index (χ3n) is 3.97. The van der Waals surface area contributed by atoms with Gasteiger partial charge >= 0.3 is 0 Å². The van der Waals surface area contributed by atoms with Gasteiger partial charge in [-0.25, -0.2) is 0 Å². The van der Waals surface area contributed by atoms with Crippen LogP contribution >= 0.6 is 0 Å². The largest absolute Gasteiger partial charge is 0.494 e. The normalized spacial score (nSPS) is 27.5. The van der Waals surface area contributed by atoms with Crippen LogP contribution in [0.15, 0.2) is 18.2 Å². The maximum absolute atomic E-state index is 5.76. The summed E-state index contributed by atoms with van der Waals surface area (Å²) in [7, 11) is 0. The van der Waals surface area contributed by atoms with Crippen molar-refractivity contribution in [3.05, 3.63) is 29.3 Å². The van der Waals surface area contributed by atoms with Crippen molar-refractivity contribution in [3.63, 3.8) is 0 Å². The number of hydrogen-bond acceptors (Lipinski definition) is 1. The molecule has 1 fully saturated rings. The first kappa shape index (κ1) is 9.26. The third-order valence-corrected chi connectivity index (χ3v) is 3.97. The van der Waals surface area contributed by atoms with Crippen LogP contribution in [0.4, 0.5) is 0 Å². The molecule has 4 rings (SSSR count). The highest BCUT2D eigenvalue weighted by molar-refractivity contribution is 5.47. The van der Waals surface area contributed by atoms with E-state index in [1.807, 2.05) is 0 Å². The van der Waals surface area contributed by atoms with Crippen molar-refractivity contribution in [3.8, 4) is 5.75 Å². The summed E-state index contributed by atoms with van der Waals surface area (Å²) >= 11 is 0. The molecule has 0 radical (unpaired) electrons. The van der Waals surface area contributed by atoms with E-state index in [1.165, 1.54) is 25.7 Å². The Morgan fingerprint density at radius 3 is 2.60 bits per heavy atom. The molecule has 1 aromatic carbocycles. The van der Waals surface area contributed by atoms with E-state index in [0.717, 1.165) is 24.2 Å². The molecule has 0 amide bonds. The van der Waals surface area contributed by atoms with Crippen molar-refractivity contribution >= 4 is 0 Å². The first-order valence-corrected chi connectivity index (χ1v) is 6.15. The second kappa shape index (κ2) is 3.55. The van der Waals surface area contributed by atoms with Crippen LogP contribution in [0.3, 0.4) is 0 Å². The fourth-order valence-corrected chi connectivity index (χ4v) is 3.33. The lowest BCUT2D eigenvalue weighted by Crippen LogP contribution is -2.22. The minimum atomic E-state index is 0.785. The first-order chi connectivity index (χ1) is 7.40. The molecule has 1 aromatic rings. The molecule has 0 aliphatic heterocycles. The molecule has 0 aromatic heterocycles. The van der Waals surface area contributed by atoms with Crippen LogP contribution in [0.25, 0.3) is 0 Å². The van der Waals surface area contributed by atoms with Crippen molar-refractivity contribution in [2.45, 2.75) is 44.4 Å². The molecule has 0 unspecified atom stereocenters. The highest BCUT2D eigenvalue weighted by atomic mass is 16.5. The van der Waals surface area contributed by atoms with Crippen LogP contribution in [0, 0.1) is 0 Å². The zero-order chi connectivity index (χ0) is 10.3. The summed E-state index contributed by atoms with van der Waals surface area (Å²) in [6.07, 6.45) is 5.55. The van der Waals surface area contributed by atoms with Gasteiger partial charge in [-0.2, -0.15) is 0 Å². The van der Waals surface area contributed by atoms with Crippen LogP contribution in [0.5, 0.6) is 5.75 Å². The fraction of sp³-hybridized carbons (Fsp3) is 0.571. The van der Waals surface area contributed by atoms with E-state index in [2.05, 4.69) is 25.1 Å². The Kier molecular flexibility index (Phi) is 2.19. The SMILES string of the molecule is CCOc1cccc2c1C1CCC2CC1. The molecule has 3 aliphatic rings. The molecule has 0 N–H and O–H groups in total. The summed E-state index contributed by atoms with van der Waals surface area (Å²) in [6.45, 7) is 2.86. The van der Waals surface area contributed by atoms with Gasteiger partial charge in [-0.1, -0.05) is 12.1 Å². The van der Waals surface area contributed by atoms with Crippen LogP contribution < -0.4 is 4.74 Å². The lowest BCUT2D eigenvalue weighted by atomic mass is 9.67. The molecule has 1 saturated carbocycles. The van der Waals surface area contributed by atoms with Crippen molar-refractivity contribution in [1.82, 2.24) is 0 Å². The van der Waals surface area contributed by atoms with Gasteiger partial charge in [0.05, 0.1) is 6.61 Å². The molecule has 0 spiro atoms. The minimum Gasteiger partial charge on any atom is -0.494 e. The zero-order valence-electron chi connectivity index (χ0n) is 9.33. The number of fused-ring (bicyclic) bond motifs is 2. The number of rotatable bonds is 2. The van der Waals surface area contributed by atoms with Crippen LogP contribution in [0.1, 0.15) is 55.6 Å². The molecular formula is C14H18O. The molecule has 3 aliphatic carbocycles. The second-order valence-electron chi connectivity index (χ2n) is 4.74. The lowest BCUT2D eigenvalue weighted by molar-refractivity contribution is 0.307. The van der Waals surface area contributed by atoms with Gasteiger partial charge < -0.3 is 4.74 Å². The topological polar surface area (TPSA) is 9.23 Å². The van der Waals surface area contributed by atoms with Crippen LogP contribution in [0.2, 0.25) is 0 Å². The van der Waals surface area contributed by atoms with Crippen molar-refractivity contribution < 1.29 is 4.74 Å². The van der Waals surface area contributed by atoms with Gasteiger partial charge in [-0.3, -0.25) is 0 Å². The van der Waals surface area contributed by atoms with E-state index in [-0.39, 0.29) is 0 Å². The summed E-state index contributed by atoms with van der Waals surface area (Å²) in [4.78, 5) is 0. The summed E-state index contributed by atoms with van der Waals surface area (Å²) in [5.41, 5.74) is 3.13. The minimum absolute atomic E-state index is 0.785. The average molecular weight is 202 g/mol. The highest BCUT2D eigenvalue weighted by Crippen LogP contribution is 2.52. The molecule has 15 heavy (non-hydrogen) atoms. The van der Waals surface area contributed by atoms with E-state index >= 15 is 0 Å². The fourth-order valence-electron chi connectivity index (χ4n) is 3.33. The second-order valence-corrected chi connectivity index (χ2v) is 4.74. The maximum Gasteiger partial charge on any atom is 0.123 e. The van der Waals surface area contributed by atoms with E-state index in [1.54, 1.807) is 11.1 Å². The molecule has 0 atom stereocenters. The van der Waals surface area contributed by atoms with Gasteiger partial charge in [0.2, 0.25) is 0 Å². The van der Waals surface area contributed by atoms with Gasteiger partial charge in [0.15, 0.2) is 0 Å². The summed E-state index contributed by atoms with van der Waals surface area (Å²) in [5, 5.41) is 0. The molecule has 0 saturated heterocycles. The Labute approximate surface area is 91.5 Å². The van der Waals surface area contributed by atoms with E-state index < -0.39 is 0 Å². The Balaban J connectivity index is 2.09. The molecular weight excluding hydrogens is 184 g/mol. The highest BCUT2D eigenvalue weighted by Gasteiger charge is 2.34. The standard InChI is InChI=1S/C14H18O/c1-2-15-13-5-3-4-12-10-6-8-11(9-7-10)14(12)13/h3-5,10-11H,2,6-9H2,1H3. The van der Waals surface area contributed by atoms with Gasteiger partial charge in [-0.05, 0) is 56.1 Å². The average Bonchev–Trinajstić information content (AvgIpc) is 2.31. The molecule has 1 nitrogen and oxygen atoms in total. The van der Waals surface area contributed by atoms with Gasteiger partial charge in [-0.15, -0.1) is 0 Å². The zero-order valence-corrected chi connectivity index (χ0v) is 9.33. The van der Waals surface area contributed by atoms with E-state index in [0.29, 0.717) is 0 Å². The van der Waals surface area contributed by atoms with Crippen molar-refractivity contribution in [1.29, 1.82) is 0 Å². The van der Waals surface area contributed by atoms with E-state index in [9.17, 15) is 0 Å². The monoisotopic (exact) mass is 202 g/mol. The third kappa shape index (κ3) is 1.37. The van der Waals surface area contributed by atoms with Gasteiger partial charge in [0, 0.05) is 5.56 Å².